The molecule has 0 spiro atoms. The SMILES string of the molecule is O=C(NC[C@@H]1C[C@@H]1C(=O)NCc1nc(C(=O)O)cs1)OCC1c2ccccc2-c2ccccc21. The molecule has 2 aromatic carbocycles. The summed E-state index contributed by atoms with van der Waals surface area (Å²) in [5.41, 5.74) is 4.65. The van der Waals surface area contributed by atoms with E-state index in [9.17, 15) is 14.4 Å². The van der Waals surface area contributed by atoms with Gasteiger partial charge < -0.3 is 20.5 Å². The Morgan fingerprint density at radius 1 is 1.03 bits per heavy atom. The smallest absolute Gasteiger partial charge is 0.407 e. The average molecular weight is 478 g/mol. The predicted molar refractivity (Wildman–Crippen MR) is 126 cm³/mol. The van der Waals surface area contributed by atoms with Crippen LogP contribution in [0.3, 0.4) is 0 Å². The number of aromatic nitrogens is 1. The fraction of sp³-hybridized carbons (Fsp3) is 0.280. The molecule has 0 aliphatic heterocycles. The van der Waals surface area contributed by atoms with Gasteiger partial charge >= 0.3 is 12.1 Å². The van der Waals surface area contributed by atoms with E-state index >= 15 is 0 Å². The second-order valence-electron chi connectivity index (χ2n) is 8.46. The highest BCUT2D eigenvalue weighted by Crippen LogP contribution is 2.44. The highest BCUT2D eigenvalue weighted by molar-refractivity contribution is 7.09. The number of carbonyl (C=O) groups is 3. The van der Waals surface area contributed by atoms with Crippen molar-refractivity contribution in [2.75, 3.05) is 13.2 Å². The van der Waals surface area contributed by atoms with Crippen LogP contribution in [0, 0.1) is 11.8 Å². The molecule has 0 radical (unpaired) electrons. The van der Waals surface area contributed by atoms with Crippen molar-refractivity contribution < 1.29 is 24.2 Å². The lowest BCUT2D eigenvalue weighted by Gasteiger charge is -2.14. The van der Waals surface area contributed by atoms with E-state index in [2.05, 4.69) is 39.9 Å². The van der Waals surface area contributed by atoms with Crippen LogP contribution in [-0.2, 0) is 16.1 Å². The Bertz CT molecular complexity index is 1210. The maximum absolute atomic E-state index is 12.3. The molecule has 1 saturated carbocycles. The van der Waals surface area contributed by atoms with E-state index in [-0.39, 0.29) is 42.5 Å². The Labute approximate surface area is 200 Å². The van der Waals surface area contributed by atoms with Crippen LogP contribution in [0.25, 0.3) is 11.1 Å². The number of fused-ring (bicyclic) bond motifs is 3. The van der Waals surface area contributed by atoms with Crippen molar-refractivity contribution in [3.05, 3.63) is 75.7 Å². The topological polar surface area (TPSA) is 118 Å². The molecule has 0 bridgehead atoms. The number of nitrogens with one attached hydrogen (secondary N) is 2. The van der Waals surface area contributed by atoms with Crippen LogP contribution in [-0.4, -0.2) is 41.2 Å². The molecule has 3 aromatic rings. The maximum atomic E-state index is 12.3. The normalized spacial score (nSPS) is 18.0. The molecule has 3 N–H and O–H groups in total. The van der Waals surface area contributed by atoms with Gasteiger partial charge in [0, 0.05) is 23.8 Å². The predicted octanol–water partition coefficient (Wildman–Crippen LogP) is 3.63. The van der Waals surface area contributed by atoms with Crippen LogP contribution in [0.1, 0.15) is 39.0 Å². The van der Waals surface area contributed by atoms with Crippen molar-refractivity contribution in [1.29, 1.82) is 0 Å². The number of carboxylic acid groups (broad SMARTS) is 1. The molecule has 0 unspecified atom stereocenters. The number of hydrogen-bond donors (Lipinski definition) is 3. The van der Waals surface area contributed by atoms with Gasteiger partial charge in [0.25, 0.3) is 0 Å². The van der Waals surface area contributed by atoms with Crippen molar-refractivity contribution in [2.24, 2.45) is 11.8 Å². The van der Waals surface area contributed by atoms with E-state index in [1.54, 1.807) is 0 Å². The van der Waals surface area contributed by atoms with Crippen LogP contribution >= 0.6 is 11.3 Å². The number of carbonyl (C=O) groups excluding carboxylic acids is 2. The quantitative estimate of drug-likeness (QED) is 0.456. The lowest BCUT2D eigenvalue weighted by Crippen LogP contribution is -2.30. The monoisotopic (exact) mass is 477 g/mol. The molecular formula is C25H23N3O5S. The van der Waals surface area contributed by atoms with Crippen LogP contribution in [0.5, 0.6) is 0 Å². The van der Waals surface area contributed by atoms with Gasteiger partial charge in [-0.3, -0.25) is 4.79 Å². The standard InChI is InChI=1S/C25H23N3O5S/c29-23(26-11-22-28-21(13-34-22)24(30)31)19-9-14(19)10-27-25(32)33-12-20-17-7-3-1-5-15(17)16-6-2-4-8-18(16)20/h1-8,13-14,19-20H,9-12H2,(H,26,29)(H,27,32)(H,30,31)/t14-,19-/m0/s1. The summed E-state index contributed by atoms with van der Waals surface area (Å²) in [5.74, 6) is -1.31. The highest BCUT2D eigenvalue weighted by atomic mass is 32.1. The van der Waals surface area contributed by atoms with Gasteiger partial charge in [-0.2, -0.15) is 0 Å². The molecule has 1 aromatic heterocycles. The molecule has 2 atom stereocenters. The van der Waals surface area contributed by atoms with E-state index in [0.717, 1.165) is 11.1 Å². The number of benzene rings is 2. The number of alkyl carbamates (subject to hydrolysis) is 1. The molecule has 0 saturated heterocycles. The summed E-state index contributed by atoms with van der Waals surface area (Å²) in [4.78, 5) is 39.5. The van der Waals surface area contributed by atoms with Gasteiger partial charge in [-0.1, -0.05) is 48.5 Å². The van der Waals surface area contributed by atoms with Crippen molar-refractivity contribution in [3.8, 4) is 11.1 Å². The molecule has 1 fully saturated rings. The summed E-state index contributed by atoms with van der Waals surface area (Å²) in [6.07, 6.45) is 0.199. The molecule has 8 nitrogen and oxygen atoms in total. The molecule has 1 heterocycles. The highest BCUT2D eigenvalue weighted by Gasteiger charge is 2.43. The molecule has 9 heteroatoms. The van der Waals surface area contributed by atoms with Crippen molar-refractivity contribution in [2.45, 2.75) is 18.9 Å². The van der Waals surface area contributed by atoms with Gasteiger partial charge in [0.05, 0.1) is 6.54 Å². The van der Waals surface area contributed by atoms with Crippen LogP contribution < -0.4 is 10.6 Å². The third-order valence-electron chi connectivity index (χ3n) is 6.30. The summed E-state index contributed by atoms with van der Waals surface area (Å²) in [5, 5.41) is 16.5. The third-order valence-corrected chi connectivity index (χ3v) is 7.15. The molecule has 5 rings (SSSR count). The largest absolute Gasteiger partial charge is 0.476 e. The second-order valence-corrected chi connectivity index (χ2v) is 9.40. The fourth-order valence-corrected chi connectivity index (χ4v) is 5.15. The number of amides is 2. The minimum Gasteiger partial charge on any atom is -0.476 e. The first kappa shape index (κ1) is 22.1. The average Bonchev–Trinajstić information content (AvgIpc) is 3.34. The fourth-order valence-electron chi connectivity index (χ4n) is 4.44. The van der Waals surface area contributed by atoms with Crippen molar-refractivity contribution >= 4 is 29.3 Å². The van der Waals surface area contributed by atoms with Gasteiger partial charge in [0.15, 0.2) is 5.69 Å². The summed E-state index contributed by atoms with van der Waals surface area (Å²) in [7, 11) is 0. The number of aromatic carboxylic acids is 1. The number of thiazole rings is 1. The second kappa shape index (κ2) is 9.26. The van der Waals surface area contributed by atoms with E-state index in [1.165, 1.54) is 27.8 Å². The van der Waals surface area contributed by atoms with E-state index in [1.807, 2.05) is 24.3 Å². The summed E-state index contributed by atoms with van der Waals surface area (Å²) in [6, 6.07) is 16.3. The minimum atomic E-state index is -1.09. The molecule has 174 valence electrons. The van der Waals surface area contributed by atoms with Crippen LogP contribution in [0.2, 0.25) is 0 Å². The number of hydrogen-bond acceptors (Lipinski definition) is 6. The molecule has 34 heavy (non-hydrogen) atoms. The van der Waals surface area contributed by atoms with Crippen molar-refractivity contribution in [3.63, 3.8) is 0 Å². The lowest BCUT2D eigenvalue weighted by atomic mass is 9.98. The first-order valence-corrected chi connectivity index (χ1v) is 11.9. The number of carboxylic acids is 1. The summed E-state index contributed by atoms with van der Waals surface area (Å²) in [6.45, 7) is 0.815. The molecular weight excluding hydrogens is 454 g/mol. The first-order chi connectivity index (χ1) is 16.5. The number of ether oxygens (including phenoxy) is 1. The third kappa shape index (κ3) is 4.51. The van der Waals surface area contributed by atoms with E-state index in [4.69, 9.17) is 9.84 Å². The minimum absolute atomic E-state index is 0.00473. The Kier molecular flexibility index (Phi) is 6.02. The Hall–Kier alpha value is -3.72. The van der Waals surface area contributed by atoms with Crippen LogP contribution in [0.15, 0.2) is 53.9 Å². The Morgan fingerprint density at radius 3 is 2.35 bits per heavy atom. The Balaban J connectivity index is 1.06. The molecule has 2 aliphatic rings. The maximum Gasteiger partial charge on any atom is 0.407 e. The van der Waals surface area contributed by atoms with E-state index in [0.29, 0.717) is 18.0 Å². The molecule has 2 aliphatic carbocycles. The van der Waals surface area contributed by atoms with Gasteiger partial charge in [0.2, 0.25) is 5.91 Å². The lowest BCUT2D eigenvalue weighted by molar-refractivity contribution is -0.122. The zero-order valence-corrected chi connectivity index (χ0v) is 19.0. The zero-order chi connectivity index (χ0) is 23.7. The van der Waals surface area contributed by atoms with Gasteiger partial charge in [-0.05, 0) is 34.6 Å². The van der Waals surface area contributed by atoms with Gasteiger partial charge in [0.1, 0.15) is 11.6 Å². The van der Waals surface area contributed by atoms with Gasteiger partial charge in [-0.15, -0.1) is 11.3 Å². The summed E-state index contributed by atoms with van der Waals surface area (Å²) < 4.78 is 5.54. The van der Waals surface area contributed by atoms with E-state index < -0.39 is 12.1 Å². The van der Waals surface area contributed by atoms with Crippen LogP contribution in [0.4, 0.5) is 4.79 Å². The molecule has 2 amide bonds. The first-order valence-electron chi connectivity index (χ1n) is 11.1. The Morgan fingerprint density at radius 2 is 1.71 bits per heavy atom. The summed E-state index contributed by atoms with van der Waals surface area (Å²) >= 11 is 1.19. The number of rotatable bonds is 8. The zero-order valence-electron chi connectivity index (χ0n) is 18.2. The van der Waals surface area contributed by atoms with Gasteiger partial charge in [-0.25, -0.2) is 14.6 Å². The number of nitrogens with zero attached hydrogens (tertiary/aromatic N) is 1. The van der Waals surface area contributed by atoms with Crippen molar-refractivity contribution in [1.82, 2.24) is 15.6 Å².